The molecule has 0 fully saturated rings. The van der Waals surface area contributed by atoms with Gasteiger partial charge in [0.05, 0.1) is 12.9 Å². The van der Waals surface area contributed by atoms with Crippen molar-refractivity contribution >= 4 is 10.1 Å². The summed E-state index contributed by atoms with van der Waals surface area (Å²) in [5, 5.41) is 0. The molecule has 0 saturated heterocycles. The largest absolute Gasteiger partial charge is 0.268 e. The first kappa shape index (κ1) is 9.91. The van der Waals surface area contributed by atoms with Crippen LogP contribution in [0, 0.1) is 12.5 Å². The Bertz CT molecular complexity index is 186. The van der Waals surface area contributed by atoms with Crippen molar-refractivity contribution in [1.82, 2.24) is 0 Å². The number of hydrogen-bond donors (Lipinski definition) is 0. The van der Waals surface area contributed by atoms with Crippen molar-refractivity contribution in [3.63, 3.8) is 0 Å². The first-order valence-electron chi connectivity index (χ1n) is 2.93. The van der Waals surface area contributed by atoms with E-state index in [0.29, 0.717) is 0 Å². The maximum atomic E-state index is 10.7. The number of hydrogen-bond acceptors (Lipinski definition) is 3. The lowest BCUT2D eigenvalue weighted by molar-refractivity contribution is 0.399. The smallest absolute Gasteiger partial charge is 0.267 e. The zero-order valence-electron chi connectivity index (χ0n) is 6.55. The standard InChI is InChI=1S/C6H13O3S/c1-6(2,3)5-10(7,8)9-4/h4-5H2,1-3H3. The van der Waals surface area contributed by atoms with Crippen LogP contribution >= 0.6 is 0 Å². The lowest BCUT2D eigenvalue weighted by atomic mass is 10.0. The minimum Gasteiger partial charge on any atom is -0.268 e. The second-order valence-corrected chi connectivity index (χ2v) is 5.02. The molecule has 0 unspecified atom stereocenters. The van der Waals surface area contributed by atoms with Crippen molar-refractivity contribution in [1.29, 1.82) is 0 Å². The third-order valence-corrected chi connectivity index (χ3v) is 2.37. The highest BCUT2D eigenvalue weighted by Crippen LogP contribution is 2.16. The molecule has 0 rings (SSSR count). The summed E-state index contributed by atoms with van der Waals surface area (Å²) in [5.41, 5.74) is -0.267. The van der Waals surface area contributed by atoms with E-state index in [-0.39, 0.29) is 11.2 Å². The third-order valence-electron chi connectivity index (χ3n) is 0.789. The molecule has 1 radical (unpaired) electrons. The van der Waals surface area contributed by atoms with E-state index in [0.717, 1.165) is 0 Å². The van der Waals surface area contributed by atoms with E-state index < -0.39 is 10.1 Å². The lowest BCUT2D eigenvalue weighted by Crippen LogP contribution is -2.20. The van der Waals surface area contributed by atoms with Gasteiger partial charge in [-0.1, -0.05) is 20.8 Å². The van der Waals surface area contributed by atoms with E-state index in [1.807, 2.05) is 20.8 Å². The lowest BCUT2D eigenvalue weighted by Gasteiger charge is -2.16. The minimum absolute atomic E-state index is 0.00347. The molecule has 0 aliphatic rings. The molecule has 0 aromatic carbocycles. The molecule has 0 saturated carbocycles. The van der Waals surface area contributed by atoms with E-state index in [1.165, 1.54) is 0 Å². The van der Waals surface area contributed by atoms with Gasteiger partial charge in [0.1, 0.15) is 0 Å². The van der Waals surface area contributed by atoms with Crippen molar-refractivity contribution < 1.29 is 12.6 Å². The Kier molecular flexibility index (Phi) is 2.86. The molecule has 0 N–H and O–H groups in total. The first-order valence-corrected chi connectivity index (χ1v) is 4.51. The van der Waals surface area contributed by atoms with Gasteiger partial charge in [0, 0.05) is 0 Å². The molecule has 3 nitrogen and oxygen atoms in total. The van der Waals surface area contributed by atoms with Gasteiger partial charge in [-0.2, -0.15) is 8.42 Å². The van der Waals surface area contributed by atoms with Crippen molar-refractivity contribution in [2.45, 2.75) is 20.8 Å². The monoisotopic (exact) mass is 165 g/mol. The molecular weight excluding hydrogens is 152 g/mol. The van der Waals surface area contributed by atoms with Crippen LogP contribution in [-0.4, -0.2) is 14.2 Å². The summed E-state index contributed by atoms with van der Waals surface area (Å²) < 4.78 is 25.5. The van der Waals surface area contributed by atoms with Crippen LogP contribution in [0.5, 0.6) is 0 Å². The molecule has 0 aliphatic carbocycles. The summed E-state index contributed by atoms with van der Waals surface area (Å²) >= 11 is 0. The fraction of sp³-hybridized carbons (Fsp3) is 0.833. The molecule has 0 spiro atoms. The first-order chi connectivity index (χ1) is 4.27. The molecule has 10 heavy (non-hydrogen) atoms. The topological polar surface area (TPSA) is 43.4 Å². The summed E-state index contributed by atoms with van der Waals surface area (Å²) in [6.07, 6.45) is 0. The van der Waals surface area contributed by atoms with Gasteiger partial charge < -0.3 is 0 Å². The predicted molar refractivity (Wildman–Crippen MR) is 39.7 cm³/mol. The van der Waals surface area contributed by atoms with Crippen LogP contribution in [0.1, 0.15) is 20.8 Å². The summed E-state index contributed by atoms with van der Waals surface area (Å²) in [7, 11) is -0.535. The van der Waals surface area contributed by atoms with Gasteiger partial charge in [-0.3, -0.25) is 4.18 Å². The molecular formula is C6H13O3S. The van der Waals surface area contributed by atoms with Gasteiger partial charge in [-0.25, -0.2) is 0 Å². The fourth-order valence-corrected chi connectivity index (χ4v) is 1.72. The van der Waals surface area contributed by atoms with Crippen LogP contribution in [0.2, 0.25) is 0 Å². The van der Waals surface area contributed by atoms with Crippen LogP contribution in [0.15, 0.2) is 0 Å². The average Bonchev–Trinajstić information content (AvgIpc) is 1.60. The van der Waals surface area contributed by atoms with Gasteiger partial charge >= 0.3 is 0 Å². The molecule has 4 heteroatoms. The summed E-state index contributed by atoms with van der Waals surface area (Å²) in [4.78, 5) is 0. The van der Waals surface area contributed by atoms with Gasteiger partial charge in [0.25, 0.3) is 10.1 Å². The fourth-order valence-electron chi connectivity index (χ4n) is 0.572. The molecule has 0 aromatic rings. The normalized spacial score (nSPS) is 13.6. The second kappa shape index (κ2) is 2.88. The van der Waals surface area contributed by atoms with E-state index in [1.54, 1.807) is 0 Å². The van der Waals surface area contributed by atoms with Crippen molar-refractivity contribution in [3.05, 3.63) is 7.11 Å². The van der Waals surface area contributed by atoms with Crippen LogP contribution in [0.25, 0.3) is 0 Å². The second-order valence-electron chi connectivity index (χ2n) is 3.38. The van der Waals surface area contributed by atoms with Crippen LogP contribution in [0.3, 0.4) is 0 Å². The Balaban J connectivity index is 4.18. The van der Waals surface area contributed by atoms with E-state index >= 15 is 0 Å². The van der Waals surface area contributed by atoms with Crippen LogP contribution < -0.4 is 0 Å². The zero-order valence-corrected chi connectivity index (χ0v) is 7.36. The SMILES string of the molecule is [CH2]OS(=O)(=O)CC(C)(C)C. The summed E-state index contributed by atoms with van der Waals surface area (Å²) in [5.74, 6) is 0.00347. The van der Waals surface area contributed by atoms with E-state index in [4.69, 9.17) is 0 Å². The third kappa shape index (κ3) is 4.76. The van der Waals surface area contributed by atoms with E-state index in [9.17, 15) is 8.42 Å². The van der Waals surface area contributed by atoms with Gasteiger partial charge in [-0.05, 0) is 5.41 Å². The summed E-state index contributed by atoms with van der Waals surface area (Å²) in [6.45, 7) is 5.47. The Labute approximate surface area is 62.5 Å². The maximum absolute atomic E-state index is 10.7. The van der Waals surface area contributed by atoms with Gasteiger partial charge in [0.2, 0.25) is 0 Å². The molecule has 61 valence electrons. The minimum atomic E-state index is -3.39. The van der Waals surface area contributed by atoms with Gasteiger partial charge in [0.15, 0.2) is 0 Å². The highest BCUT2D eigenvalue weighted by molar-refractivity contribution is 7.86. The predicted octanol–water partition coefficient (Wildman–Crippen LogP) is 1.17. The Hall–Kier alpha value is -0.0900. The van der Waals surface area contributed by atoms with Crippen LogP contribution in [0.4, 0.5) is 0 Å². The van der Waals surface area contributed by atoms with Crippen molar-refractivity contribution in [2.75, 3.05) is 5.75 Å². The quantitative estimate of drug-likeness (QED) is 0.577. The Morgan fingerprint density at radius 3 is 1.90 bits per heavy atom. The average molecular weight is 165 g/mol. The Morgan fingerprint density at radius 1 is 1.40 bits per heavy atom. The molecule has 0 heterocycles. The highest BCUT2D eigenvalue weighted by atomic mass is 32.2. The van der Waals surface area contributed by atoms with Crippen molar-refractivity contribution in [3.8, 4) is 0 Å². The Morgan fingerprint density at radius 2 is 1.80 bits per heavy atom. The molecule has 0 amide bonds. The number of rotatable bonds is 2. The molecule has 0 aliphatic heterocycles. The van der Waals surface area contributed by atoms with Gasteiger partial charge in [-0.15, -0.1) is 0 Å². The summed E-state index contributed by atoms with van der Waals surface area (Å²) in [6, 6.07) is 0. The van der Waals surface area contributed by atoms with Crippen molar-refractivity contribution in [2.24, 2.45) is 5.41 Å². The molecule has 0 atom stereocenters. The maximum Gasteiger partial charge on any atom is 0.267 e. The zero-order chi connectivity index (χ0) is 8.41. The molecule has 0 bridgehead atoms. The van der Waals surface area contributed by atoms with E-state index in [2.05, 4.69) is 11.3 Å². The highest BCUT2D eigenvalue weighted by Gasteiger charge is 2.20. The van der Waals surface area contributed by atoms with Crippen LogP contribution in [-0.2, 0) is 14.3 Å². The molecule has 0 aromatic heterocycles.